The lowest BCUT2D eigenvalue weighted by molar-refractivity contribution is 0.416. The molecule has 7 heteroatoms. The number of hydrogen-bond acceptors (Lipinski definition) is 6. The van der Waals surface area contributed by atoms with E-state index in [4.69, 9.17) is 4.99 Å². The third kappa shape index (κ3) is 3.49. The number of benzene rings is 2. The Balaban J connectivity index is 1.52. The lowest BCUT2D eigenvalue weighted by atomic mass is 9.97. The van der Waals surface area contributed by atoms with Crippen molar-refractivity contribution in [3.8, 4) is 5.88 Å². The fourth-order valence-corrected chi connectivity index (χ4v) is 5.97. The zero-order valence-corrected chi connectivity index (χ0v) is 19.3. The van der Waals surface area contributed by atoms with Gasteiger partial charge in [-0.3, -0.25) is 9.36 Å². The Labute approximate surface area is 199 Å². The number of rotatable bonds is 4. The SMILES string of the molecule is O=c1c2ccccc2c(/C=N/c2ncnc3sc4c(c23)CCCC4)c(O)n1Cc1ccccc1. The number of aliphatic imine (C=N–C) groups is 1. The van der Waals surface area contributed by atoms with Crippen LogP contribution in [0.3, 0.4) is 0 Å². The molecule has 1 aliphatic rings. The maximum Gasteiger partial charge on any atom is 0.261 e. The van der Waals surface area contributed by atoms with Crippen LogP contribution in [-0.2, 0) is 19.4 Å². The molecule has 5 aromatic rings. The molecule has 0 unspecified atom stereocenters. The minimum atomic E-state index is -0.231. The zero-order chi connectivity index (χ0) is 23.1. The molecule has 2 aromatic carbocycles. The second-order valence-corrected chi connectivity index (χ2v) is 9.59. The van der Waals surface area contributed by atoms with Gasteiger partial charge in [0.05, 0.1) is 17.5 Å². The molecular formula is C27H22N4O2S. The lowest BCUT2D eigenvalue weighted by Gasteiger charge is -2.14. The number of aromatic hydroxyl groups is 1. The normalized spacial score (nSPS) is 13.6. The molecule has 0 aliphatic heterocycles. The highest BCUT2D eigenvalue weighted by Gasteiger charge is 2.20. The number of aromatic nitrogens is 3. The van der Waals surface area contributed by atoms with Gasteiger partial charge in [0.15, 0.2) is 5.82 Å². The highest BCUT2D eigenvalue weighted by Crippen LogP contribution is 2.39. The molecule has 6 rings (SSSR count). The Morgan fingerprint density at radius 2 is 1.76 bits per heavy atom. The molecule has 6 nitrogen and oxygen atoms in total. The molecule has 0 saturated heterocycles. The second kappa shape index (κ2) is 8.50. The summed E-state index contributed by atoms with van der Waals surface area (Å²) in [6, 6.07) is 17.0. The molecule has 0 bridgehead atoms. The first-order valence-corrected chi connectivity index (χ1v) is 12.2. The first-order valence-electron chi connectivity index (χ1n) is 11.4. The molecule has 34 heavy (non-hydrogen) atoms. The summed E-state index contributed by atoms with van der Waals surface area (Å²) in [5, 5.41) is 13.4. The molecule has 3 aromatic heterocycles. The van der Waals surface area contributed by atoms with Crippen molar-refractivity contribution in [3.05, 3.63) is 92.8 Å². The summed E-state index contributed by atoms with van der Waals surface area (Å²) in [6.07, 6.45) is 7.64. The van der Waals surface area contributed by atoms with E-state index >= 15 is 0 Å². The summed E-state index contributed by atoms with van der Waals surface area (Å²) in [4.78, 5) is 29.2. The Hall–Kier alpha value is -3.84. The molecule has 0 spiro atoms. The zero-order valence-electron chi connectivity index (χ0n) is 18.4. The van der Waals surface area contributed by atoms with Gasteiger partial charge in [-0.1, -0.05) is 48.5 Å². The largest absolute Gasteiger partial charge is 0.494 e. The van der Waals surface area contributed by atoms with Crippen LogP contribution in [0.25, 0.3) is 21.0 Å². The standard InChI is InChI=1S/C27H22N4O2S/c32-26-19-11-5-4-10-18(19)21(27(33)31(26)15-17-8-2-1-3-9-17)14-28-24-23-20-12-6-7-13-22(20)34-25(23)30-16-29-24/h1-5,8-11,14,16,33H,6-7,12-13,15H2/b28-14+. The van der Waals surface area contributed by atoms with Crippen molar-refractivity contribution in [2.24, 2.45) is 4.99 Å². The van der Waals surface area contributed by atoms with Gasteiger partial charge < -0.3 is 5.11 Å². The van der Waals surface area contributed by atoms with Crippen LogP contribution >= 0.6 is 11.3 Å². The highest BCUT2D eigenvalue weighted by molar-refractivity contribution is 7.19. The smallest absolute Gasteiger partial charge is 0.261 e. The molecule has 0 atom stereocenters. The summed E-state index contributed by atoms with van der Waals surface area (Å²) in [5.74, 6) is 0.502. The molecule has 0 amide bonds. The van der Waals surface area contributed by atoms with Crippen LogP contribution in [-0.4, -0.2) is 25.9 Å². The van der Waals surface area contributed by atoms with Crippen molar-refractivity contribution in [1.29, 1.82) is 0 Å². The fraction of sp³-hybridized carbons (Fsp3) is 0.185. The lowest BCUT2D eigenvalue weighted by Crippen LogP contribution is -2.22. The Bertz CT molecular complexity index is 1620. The number of aryl methyl sites for hydroxylation is 2. The minimum Gasteiger partial charge on any atom is -0.494 e. The monoisotopic (exact) mass is 466 g/mol. The average Bonchev–Trinajstić information content (AvgIpc) is 3.26. The highest BCUT2D eigenvalue weighted by atomic mass is 32.1. The molecule has 0 radical (unpaired) electrons. The van der Waals surface area contributed by atoms with E-state index in [1.165, 1.54) is 21.4 Å². The molecule has 1 N–H and O–H groups in total. The van der Waals surface area contributed by atoms with Gasteiger partial charge in [0.1, 0.15) is 11.2 Å². The number of pyridine rings is 1. The first-order chi connectivity index (χ1) is 16.7. The van der Waals surface area contributed by atoms with Gasteiger partial charge in [0.2, 0.25) is 5.88 Å². The Kier molecular flexibility index (Phi) is 5.19. The summed E-state index contributed by atoms with van der Waals surface area (Å²) in [5.41, 5.74) is 2.51. The van der Waals surface area contributed by atoms with Crippen LogP contribution in [0, 0.1) is 0 Å². The van der Waals surface area contributed by atoms with Crippen molar-refractivity contribution >= 4 is 44.4 Å². The third-order valence-corrected chi connectivity index (χ3v) is 7.62. The average molecular weight is 467 g/mol. The van der Waals surface area contributed by atoms with Gasteiger partial charge >= 0.3 is 0 Å². The third-order valence-electron chi connectivity index (χ3n) is 6.42. The van der Waals surface area contributed by atoms with E-state index in [9.17, 15) is 9.90 Å². The van der Waals surface area contributed by atoms with E-state index in [1.807, 2.05) is 48.5 Å². The van der Waals surface area contributed by atoms with Crippen molar-refractivity contribution in [2.45, 2.75) is 32.2 Å². The van der Waals surface area contributed by atoms with Gasteiger partial charge in [0, 0.05) is 21.9 Å². The molecule has 168 valence electrons. The maximum absolute atomic E-state index is 13.2. The van der Waals surface area contributed by atoms with Crippen molar-refractivity contribution in [3.63, 3.8) is 0 Å². The number of nitrogens with zero attached hydrogens (tertiary/aromatic N) is 4. The van der Waals surface area contributed by atoms with Crippen LogP contribution in [0.5, 0.6) is 5.88 Å². The predicted octanol–water partition coefficient (Wildman–Crippen LogP) is 5.39. The topological polar surface area (TPSA) is 80.4 Å². The summed E-state index contributed by atoms with van der Waals surface area (Å²) in [7, 11) is 0. The van der Waals surface area contributed by atoms with E-state index in [-0.39, 0.29) is 18.0 Å². The maximum atomic E-state index is 13.2. The number of hydrogen-bond donors (Lipinski definition) is 1. The number of fused-ring (bicyclic) bond motifs is 4. The summed E-state index contributed by atoms with van der Waals surface area (Å²) >= 11 is 1.73. The van der Waals surface area contributed by atoms with Crippen LogP contribution in [0.15, 0.2) is 70.7 Å². The van der Waals surface area contributed by atoms with Gasteiger partial charge in [-0.25, -0.2) is 15.0 Å². The molecule has 1 aliphatic carbocycles. The summed E-state index contributed by atoms with van der Waals surface area (Å²) < 4.78 is 1.40. The molecular weight excluding hydrogens is 444 g/mol. The van der Waals surface area contributed by atoms with Gasteiger partial charge in [-0.15, -0.1) is 11.3 Å². The van der Waals surface area contributed by atoms with E-state index in [0.29, 0.717) is 22.2 Å². The first kappa shape index (κ1) is 20.7. The summed E-state index contributed by atoms with van der Waals surface area (Å²) in [6.45, 7) is 0.271. The quantitative estimate of drug-likeness (QED) is 0.360. The van der Waals surface area contributed by atoms with Crippen molar-refractivity contribution in [1.82, 2.24) is 14.5 Å². The van der Waals surface area contributed by atoms with Crippen molar-refractivity contribution < 1.29 is 5.11 Å². The molecule has 3 heterocycles. The number of thiophene rings is 1. The van der Waals surface area contributed by atoms with E-state index in [2.05, 4.69) is 9.97 Å². The molecule has 0 fully saturated rings. The van der Waals surface area contributed by atoms with Crippen LogP contribution in [0.1, 0.15) is 34.4 Å². The van der Waals surface area contributed by atoms with Gasteiger partial charge in [-0.2, -0.15) is 0 Å². The van der Waals surface area contributed by atoms with E-state index in [0.717, 1.165) is 35.0 Å². The van der Waals surface area contributed by atoms with Crippen molar-refractivity contribution in [2.75, 3.05) is 0 Å². The Morgan fingerprint density at radius 3 is 2.62 bits per heavy atom. The minimum absolute atomic E-state index is 0.103. The van der Waals surface area contributed by atoms with Crippen LogP contribution in [0.2, 0.25) is 0 Å². The Morgan fingerprint density at radius 1 is 1.00 bits per heavy atom. The van der Waals surface area contributed by atoms with E-state index in [1.54, 1.807) is 29.9 Å². The van der Waals surface area contributed by atoms with Crippen LogP contribution in [0.4, 0.5) is 5.82 Å². The predicted molar refractivity (Wildman–Crippen MR) is 137 cm³/mol. The second-order valence-electron chi connectivity index (χ2n) is 8.51. The fourth-order valence-electron chi connectivity index (χ4n) is 4.75. The molecule has 0 saturated carbocycles. The van der Waals surface area contributed by atoms with Gasteiger partial charge in [-0.05, 0) is 42.9 Å². The van der Waals surface area contributed by atoms with Gasteiger partial charge in [0.25, 0.3) is 5.56 Å². The van der Waals surface area contributed by atoms with Crippen LogP contribution < -0.4 is 5.56 Å². The van der Waals surface area contributed by atoms with E-state index < -0.39 is 0 Å².